The van der Waals surface area contributed by atoms with Crippen LogP contribution in [0.3, 0.4) is 0 Å². The number of carboxylic acids is 1. The predicted octanol–water partition coefficient (Wildman–Crippen LogP) is -3.77. The maximum atomic E-state index is 10.7. The maximum Gasteiger partial charge on any atom is 1.00 e. The molecule has 0 aromatic carbocycles. The van der Waals surface area contributed by atoms with Gasteiger partial charge < -0.3 is 14.8 Å². The zero-order valence-electron chi connectivity index (χ0n) is 8.92. The topological polar surface area (TPSA) is 73.3 Å². The van der Waals surface area contributed by atoms with Crippen LogP contribution in [0.2, 0.25) is 0 Å². The zero-order valence-corrected chi connectivity index (χ0v) is 8.92. The van der Waals surface area contributed by atoms with Gasteiger partial charge in [-0.15, -0.1) is 0 Å². The van der Waals surface area contributed by atoms with Gasteiger partial charge in [0.25, 0.3) is 0 Å². The number of nitrogens with zero attached hydrogens (tertiary/aromatic N) is 2. The SMILES string of the molecule is O=Cc1ccc(N2CCC2C(=O)[O-])cn1.[Li+]. The van der Waals surface area contributed by atoms with Crippen molar-refractivity contribution in [3.63, 3.8) is 0 Å². The normalized spacial score (nSPS) is 18.2. The molecule has 2 rings (SSSR count). The van der Waals surface area contributed by atoms with E-state index < -0.39 is 12.0 Å². The second-order valence-electron chi connectivity index (χ2n) is 3.38. The summed E-state index contributed by atoms with van der Waals surface area (Å²) in [6, 6.07) is 2.69. The molecule has 0 radical (unpaired) electrons. The second kappa shape index (κ2) is 5.15. The van der Waals surface area contributed by atoms with E-state index in [1.54, 1.807) is 17.0 Å². The molecule has 6 heteroatoms. The Morgan fingerprint density at radius 1 is 1.56 bits per heavy atom. The Labute approximate surface area is 105 Å². The number of carbonyl (C=O) groups is 2. The number of pyridine rings is 1. The molecule has 78 valence electrons. The summed E-state index contributed by atoms with van der Waals surface area (Å²) in [6.07, 6.45) is 2.74. The van der Waals surface area contributed by atoms with Gasteiger partial charge in [0.15, 0.2) is 6.29 Å². The summed E-state index contributed by atoms with van der Waals surface area (Å²) < 4.78 is 0. The molecule has 1 atom stereocenters. The Morgan fingerprint density at radius 2 is 2.31 bits per heavy atom. The van der Waals surface area contributed by atoms with Gasteiger partial charge in [-0.3, -0.25) is 9.78 Å². The molecule has 0 N–H and O–H groups in total. The molecule has 0 bridgehead atoms. The van der Waals surface area contributed by atoms with Crippen LogP contribution in [0.25, 0.3) is 0 Å². The van der Waals surface area contributed by atoms with Crippen molar-refractivity contribution >= 4 is 17.9 Å². The molecule has 0 spiro atoms. The van der Waals surface area contributed by atoms with Crippen molar-refractivity contribution in [3.05, 3.63) is 24.0 Å². The zero-order chi connectivity index (χ0) is 10.8. The van der Waals surface area contributed by atoms with Gasteiger partial charge >= 0.3 is 18.9 Å². The predicted molar refractivity (Wildman–Crippen MR) is 50.4 cm³/mol. The van der Waals surface area contributed by atoms with Gasteiger partial charge in [-0.05, 0) is 18.6 Å². The van der Waals surface area contributed by atoms with Gasteiger partial charge in [-0.2, -0.15) is 0 Å². The first kappa shape index (κ1) is 12.8. The Bertz CT molecular complexity index is 394. The molecule has 16 heavy (non-hydrogen) atoms. The van der Waals surface area contributed by atoms with Gasteiger partial charge in [0.05, 0.1) is 23.9 Å². The molecular weight excluding hydrogens is 203 g/mol. The Hall–Kier alpha value is -1.31. The molecule has 1 aromatic heterocycles. The molecule has 2 heterocycles. The minimum Gasteiger partial charge on any atom is -0.548 e. The fourth-order valence-corrected chi connectivity index (χ4v) is 1.58. The molecule has 5 nitrogen and oxygen atoms in total. The fourth-order valence-electron chi connectivity index (χ4n) is 1.58. The summed E-state index contributed by atoms with van der Waals surface area (Å²) in [7, 11) is 0. The Kier molecular flexibility index (Phi) is 4.10. The number of carbonyl (C=O) groups excluding carboxylic acids is 2. The van der Waals surface area contributed by atoms with Crippen molar-refractivity contribution in [1.82, 2.24) is 4.98 Å². The summed E-state index contributed by atoms with van der Waals surface area (Å²) >= 11 is 0. The molecule has 1 aliphatic heterocycles. The molecular formula is C10H9LiN2O3. The summed E-state index contributed by atoms with van der Waals surface area (Å²) in [6.45, 7) is 0.681. The molecule has 1 aromatic rings. The number of rotatable bonds is 3. The number of aldehydes is 1. The van der Waals surface area contributed by atoms with E-state index in [2.05, 4.69) is 4.98 Å². The molecule has 1 fully saturated rings. The van der Waals surface area contributed by atoms with Crippen molar-refractivity contribution in [1.29, 1.82) is 0 Å². The van der Waals surface area contributed by atoms with Crippen molar-refractivity contribution in [2.75, 3.05) is 11.4 Å². The van der Waals surface area contributed by atoms with Crippen LogP contribution in [0.15, 0.2) is 18.3 Å². The summed E-state index contributed by atoms with van der Waals surface area (Å²) in [5.41, 5.74) is 1.05. The third-order valence-electron chi connectivity index (χ3n) is 2.51. The average Bonchev–Trinajstić information content (AvgIpc) is 2.16. The smallest absolute Gasteiger partial charge is 0.548 e. The fraction of sp³-hybridized carbons (Fsp3) is 0.300. The minimum absolute atomic E-state index is 0. The van der Waals surface area contributed by atoms with E-state index in [9.17, 15) is 14.7 Å². The van der Waals surface area contributed by atoms with Gasteiger partial charge in [0.2, 0.25) is 0 Å². The number of aromatic nitrogens is 1. The van der Waals surface area contributed by atoms with E-state index in [1.165, 1.54) is 6.20 Å². The van der Waals surface area contributed by atoms with Crippen molar-refractivity contribution in [2.45, 2.75) is 12.5 Å². The quantitative estimate of drug-likeness (QED) is 0.380. The Balaban J connectivity index is 0.00000128. The van der Waals surface area contributed by atoms with E-state index in [-0.39, 0.29) is 18.9 Å². The average molecular weight is 212 g/mol. The first-order valence-corrected chi connectivity index (χ1v) is 4.61. The minimum atomic E-state index is -1.07. The van der Waals surface area contributed by atoms with Gasteiger partial charge in [-0.25, -0.2) is 0 Å². The van der Waals surface area contributed by atoms with Gasteiger partial charge in [0, 0.05) is 6.54 Å². The van der Waals surface area contributed by atoms with Crippen LogP contribution in [0, 0.1) is 0 Å². The number of aliphatic carboxylic acids is 1. The first-order valence-electron chi connectivity index (χ1n) is 4.61. The number of hydrogen-bond acceptors (Lipinski definition) is 5. The van der Waals surface area contributed by atoms with Crippen molar-refractivity contribution < 1.29 is 33.6 Å². The van der Waals surface area contributed by atoms with E-state index in [0.29, 0.717) is 30.6 Å². The van der Waals surface area contributed by atoms with Crippen molar-refractivity contribution in [3.8, 4) is 0 Å². The summed E-state index contributed by atoms with van der Waals surface area (Å²) in [4.78, 5) is 26.6. The molecule has 0 amide bonds. The number of anilines is 1. The molecule has 1 saturated heterocycles. The number of hydrogen-bond donors (Lipinski definition) is 0. The second-order valence-corrected chi connectivity index (χ2v) is 3.38. The standard InChI is InChI=1S/C10H10N2O3.Li/c13-6-7-1-2-8(5-11-7)12-4-3-9(12)10(14)15;/h1-2,5-6,9H,3-4H2,(H,14,15);/q;+1/p-1. The molecule has 0 saturated carbocycles. The van der Waals surface area contributed by atoms with E-state index >= 15 is 0 Å². The third kappa shape index (κ3) is 2.26. The van der Waals surface area contributed by atoms with Crippen LogP contribution in [-0.4, -0.2) is 29.8 Å². The molecule has 1 aliphatic rings. The van der Waals surface area contributed by atoms with Crippen LogP contribution in [0.5, 0.6) is 0 Å². The van der Waals surface area contributed by atoms with E-state index in [0.717, 1.165) is 0 Å². The molecule has 1 unspecified atom stereocenters. The Morgan fingerprint density at radius 3 is 2.69 bits per heavy atom. The third-order valence-corrected chi connectivity index (χ3v) is 2.51. The monoisotopic (exact) mass is 212 g/mol. The van der Waals surface area contributed by atoms with Crippen LogP contribution < -0.4 is 28.9 Å². The summed E-state index contributed by atoms with van der Waals surface area (Å²) in [5, 5.41) is 10.7. The molecule has 0 aliphatic carbocycles. The van der Waals surface area contributed by atoms with Crippen LogP contribution >= 0.6 is 0 Å². The van der Waals surface area contributed by atoms with E-state index in [1.807, 2.05) is 0 Å². The maximum absolute atomic E-state index is 10.7. The van der Waals surface area contributed by atoms with Gasteiger partial charge in [-0.1, -0.05) is 0 Å². The van der Waals surface area contributed by atoms with Crippen LogP contribution in [0.1, 0.15) is 16.9 Å². The van der Waals surface area contributed by atoms with Crippen LogP contribution in [0.4, 0.5) is 5.69 Å². The first-order chi connectivity index (χ1) is 7.22. The van der Waals surface area contributed by atoms with Gasteiger partial charge in [0.1, 0.15) is 5.69 Å². The summed E-state index contributed by atoms with van der Waals surface area (Å²) in [5.74, 6) is -1.07. The van der Waals surface area contributed by atoms with Crippen LogP contribution in [-0.2, 0) is 4.79 Å². The van der Waals surface area contributed by atoms with E-state index in [4.69, 9.17) is 0 Å². The number of carboxylic acid groups (broad SMARTS) is 1. The van der Waals surface area contributed by atoms with Crippen molar-refractivity contribution in [2.24, 2.45) is 0 Å². The largest absolute Gasteiger partial charge is 1.00 e.